The van der Waals surface area contributed by atoms with Gasteiger partial charge in [0, 0.05) is 0 Å². The molecule has 0 N–H and O–H groups in total. The summed E-state index contributed by atoms with van der Waals surface area (Å²) in [5.74, 6) is 0.986. The maximum atomic E-state index is 5.78. The van der Waals surface area contributed by atoms with Crippen LogP contribution in [0.15, 0.2) is 48.5 Å². The quantitative estimate of drug-likeness (QED) is 0.458. The van der Waals surface area contributed by atoms with Crippen molar-refractivity contribution in [3.05, 3.63) is 65.2 Å². The largest absolute Gasteiger partial charge is 0.494 e. The molecule has 0 saturated heterocycles. The SMILES string of the molecule is CC.CC.CCc1ccc(CCCCOc2ccc(CC)cc2)cc1. The third kappa shape index (κ3) is 9.96. The van der Waals surface area contributed by atoms with E-state index in [1.807, 2.05) is 27.7 Å². The van der Waals surface area contributed by atoms with Gasteiger partial charge in [0.1, 0.15) is 5.75 Å². The molecule has 0 atom stereocenters. The van der Waals surface area contributed by atoms with Crippen molar-refractivity contribution in [3.8, 4) is 5.75 Å². The predicted octanol–water partition coefficient (Wildman–Crippen LogP) is 7.27. The number of rotatable bonds is 8. The van der Waals surface area contributed by atoms with Gasteiger partial charge in [-0.25, -0.2) is 0 Å². The van der Waals surface area contributed by atoms with E-state index in [0.717, 1.165) is 38.0 Å². The molecule has 0 unspecified atom stereocenters. The number of hydrogen-bond acceptors (Lipinski definition) is 1. The molecule has 1 heteroatoms. The van der Waals surface area contributed by atoms with Gasteiger partial charge in [-0.15, -0.1) is 0 Å². The lowest BCUT2D eigenvalue weighted by atomic mass is 10.1. The maximum Gasteiger partial charge on any atom is 0.119 e. The Morgan fingerprint density at radius 2 is 1.04 bits per heavy atom. The van der Waals surface area contributed by atoms with E-state index < -0.39 is 0 Å². The van der Waals surface area contributed by atoms with Crippen molar-refractivity contribution in [1.29, 1.82) is 0 Å². The van der Waals surface area contributed by atoms with Gasteiger partial charge in [0.15, 0.2) is 0 Å². The van der Waals surface area contributed by atoms with Crippen molar-refractivity contribution in [2.45, 2.75) is 73.6 Å². The Bertz CT molecular complexity index is 461. The van der Waals surface area contributed by atoms with Gasteiger partial charge in [0.05, 0.1) is 6.61 Å². The first kappa shape index (κ1) is 23.2. The summed E-state index contributed by atoms with van der Waals surface area (Å²) in [4.78, 5) is 0. The number of aryl methyl sites for hydroxylation is 3. The van der Waals surface area contributed by atoms with Gasteiger partial charge in [0.2, 0.25) is 0 Å². The first-order chi connectivity index (χ1) is 12.3. The highest BCUT2D eigenvalue weighted by Gasteiger charge is 1.97. The second kappa shape index (κ2) is 15.7. The van der Waals surface area contributed by atoms with Crippen LogP contribution < -0.4 is 4.74 Å². The average molecular weight is 343 g/mol. The van der Waals surface area contributed by atoms with E-state index in [1.165, 1.54) is 23.1 Å². The third-order valence-electron chi connectivity index (χ3n) is 3.89. The van der Waals surface area contributed by atoms with Crippen molar-refractivity contribution in [2.75, 3.05) is 6.61 Å². The molecule has 0 aliphatic rings. The minimum absolute atomic E-state index is 0.804. The molecule has 0 heterocycles. The molecular formula is C24H38O. The Labute approximate surface area is 156 Å². The molecule has 140 valence electrons. The summed E-state index contributed by atoms with van der Waals surface area (Å²) in [5.41, 5.74) is 4.20. The van der Waals surface area contributed by atoms with Crippen molar-refractivity contribution >= 4 is 0 Å². The monoisotopic (exact) mass is 342 g/mol. The van der Waals surface area contributed by atoms with Gasteiger partial charge in [0.25, 0.3) is 0 Å². The van der Waals surface area contributed by atoms with Crippen LogP contribution in [0, 0.1) is 0 Å². The molecule has 0 amide bonds. The van der Waals surface area contributed by atoms with Gasteiger partial charge < -0.3 is 4.74 Å². The predicted molar refractivity (Wildman–Crippen MR) is 113 cm³/mol. The normalized spacial score (nSPS) is 9.36. The average Bonchev–Trinajstić information content (AvgIpc) is 2.71. The molecule has 0 aromatic heterocycles. The molecule has 1 nitrogen and oxygen atoms in total. The fourth-order valence-electron chi connectivity index (χ4n) is 2.38. The van der Waals surface area contributed by atoms with Crippen LogP contribution in [0.1, 0.15) is 71.1 Å². The summed E-state index contributed by atoms with van der Waals surface area (Å²) >= 11 is 0. The first-order valence-electron chi connectivity index (χ1n) is 10.1. The number of hydrogen-bond donors (Lipinski definition) is 0. The minimum Gasteiger partial charge on any atom is -0.494 e. The third-order valence-corrected chi connectivity index (χ3v) is 3.89. The van der Waals surface area contributed by atoms with Crippen LogP contribution in [0.2, 0.25) is 0 Å². The maximum absolute atomic E-state index is 5.78. The molecule has 0 aliphatic heterocycles. The molecule has 0 radical (unpaired) electrons. The van der Waals surface area contributed by atoms with Gasteiger partial charge in [-0.1, -0.05) is 77.9 Å². The molecule has 0 fully saturated rings. The zero-order valence-electron chi connectivity index (χ0n) is 17.3. The van der Waals surface area contributed by atoms with Crippen LogP contribution in [-0.4, -0.2) is 6.61 Å². The molecular weight excluding hydrogens is 304 g/mol. The Morgan fingerprint density at radius 3 is 1.52 bits per heavy atom. The van der Waals surface area contributed by atoms with E-state index in [0.29, 0.717) is 0 Å². The first-order valence-corrected chi connectivity index (χ1v) is 10.1. The molecule has 0 bridgehead atoms. The van der Waals surface area contributed by atoms with E-state index in [4.69, 9.17) is 4.74 Å². The second-order valence-corrected chi connectivity index (χ2v) is 5.47. The zero-order chi connectivity index (χ0) is 18.9. The summed E-state index contributed by atoms with van der Waals surface area (Å²) in [6, 6.07) is 17.4. The van der Waals surface area contributed by atoms with Crippen LogP contribution >= 0.6 is 0 Å². The van der Waals surface area contributed by atoms with Crippen molar-refractivity contribution in [3.63, 3.8) is 0 Å². The second-order valence-electron chi connectivity index (χ2n) is 5.47. The molecule has 0 spiro atoms. The minimum atomic E-state index is 0.804. The Hall–Kier alpha value is -1.76. The molecule has 25 heavy (non-hydrogen) atoms. The highest BCUT2D eigenvalue weighted by atomic mass is 16.5. The van der Waals surface area contributed by atoms with Gasteiger partial charge >= 0.3 is 0 Å². The lowest BCUT2D eigenvalue weighted by molar-refractivity contribution is 0.307. The van der Waals surface area contributed by atoms with Gasteiger partial charge in [-0.05, 0) is 60.9 Å². The zero-order valence-corrected chi connectivity index (χ0v) is 17.3. The highest BCUT2D eigenvalue weighted by molar-refractivity contribution is 5.27. The lowest BCUT2D eigenvalue weighted by Crippen LogP contribution is -1.98. The summed E-state index contributed by atoms with van der Waals surface area (Å²) < 4.78 is 5.78. The molecule has 2 rings (SSSR count). The van der Waals surface area contributed by atoms with E-state index in [1.54, 1.807) is 0 Å². The fraction of sp³-hybridized carbons (Fsp3) is 0.500. The summed E-state index contributed by atoms with van der Waals surface area (Å²) in [5, 5.41) is 0. The van der Waals surface area contributed by atoms with E-state index in [9.17, 15) is 0 Å². The van der Waals surface area contributed by atoms with Gasteiger partial charge in [-0.3, -0.25) is 0 Å². The van der Waals surface area contributed by atoms with E-state index in [2.05, 4.69) is 62.4 Å². The Morgan fingerprint density at radius 1 is 0.600 bits per heavy atom. The van der Waals surface area contributed by atoms with Gasteiger partial charge in [-0.2, -0.15) is 0 Å². The smallest absolute Gasteiger partial charge is 0.119 e. The van der Waals surface area contributed by atoms with Crippen LogP contribution in [-0.2, 0) is 19.3 Å². The number of unbranched alkanes of at least 4 members (excludes halogenated alkanes) is 1. The van der Waals surface area contributed by atoms with Crippen LogP contribution in [0.4, 0.5) is 0 Å². The van der Waals surface area contributed by atoms with Crippen molar-refractivity contribution < 1.29 is 4.74 Å². The van der Waals surface area contributed by atoms with E-state index >= 15 is 0 Å². The summed E-state index contributed by atoms with van der Waals surface area (Å²) in [6.45, 7) is 13.2. The standard InChI is InChI=1S/C20H26O.2C2H6/c1-3-17-8-10-19(11-9-17)7-5-6-16-21-20-14-12-18(4-2)13-15-20;2*1-2/h8-15H,3-7,16H2,1-2H3;2*1-2H3. The summed E-state index contributed by atoms with van der Waals surface area (Å²) in [6.07, 6.45) is 5.62. The van der Waals surface area contributed by atoms with Crippen molar-refractivity contribution in [2.24, 2.45) is 0 Å². The number of ether oxygens (including phenoxy) is 1. The Kier molecular flexibility index (Phi) is 14.6. The lowest BCUT2D eigenvalue weighted by Gasteiger charge is -2.07. The number of benzene rings is 2. The topological polar surface area (TPSA) is 9.23 Å². The van der Waals surface area contributed by atoms with E-state index in [-0.39, 0.29) is 0 Å². The fourth-order valence-corrected chi connectivity index (χ4v) is 2.38. The Balaban J connectivity index is 0.00000134. The van der Waals surface area contributed by atoms with Crippen LogP contribution in [0.3, 0.4) is 0 Å². The highest BCUT2D eigenvalue weighted by Crippen LogP contribution is 2.13. The summed E-state index contributed by atoms with van der Waals surface area (Å²) in [7, 11) is 0. The van der Waals surface area contributed by atoms with Crippen molar-refractivity contribution in [1.82, 2.24) is 0 Å². The molecule has 0 aliphatic carbocycles. The molecule has 2 aromatic rings. The van der Waals surface area contributed by atoms with Crippen LogP contribution in [0.5, 0.6) is 5.75 Å². The molecule has 0 saturated carbocycles. The molecule has 2 aromatic carbocycles. The van der Waals surface area contributed by atoms with Crippen LogP contribution in [0.25, 0.3) is 0 Å².